The van der Waals surface area contributed by atoms with Gasteiger partial charge < -0.3 is 14.2 Å². The quantitative estimate of drug-likeness (QED) is 0.0345. The summed E-state index contributed by atoms with van der Waals surface area (Å²) in [5, 5.41) is 0. The van der Waals surface area contributed by atoms with Crippen LogP contribution in [-0.2, 0) is 23.8 Å². The van der Waals surface area contributed by atoms with Gasteiger partial charge in [-0.05, 0) is 89.9 Å². The standard InChI is InChI=1S/C63H112O5/c1-4-7-10-13-16-19-22-25-28-30-32-33-36-38-41-44-47-50-53-56-62(64)67-60-61(68-63(65)57-54-51-48-45-42-39-35-27-24-21-18-15-12-9-6-3)59-66-58-55-52-49-46-43-40-37-34-31-29-26-23-20-17-14-11-8-5-2/h9,12,16,18-19,21,25,27-28,35,42,45,61H,4-8,10-11,13-15,17,20,22-24,26,29-34,36-41,43-44,46-60H2,1-3H3/b12-9-,19-16-,21-18-,28-25-,35-27-,45-42-. The summed E-state index contributed by atoms with van der Waals surface area (Å²) in [5.74, 6) is -0.439. The molecule has 0 spiro atoms. The van der Waals surface area contributed by atoms with E-state index < -0.39 is 6.10 Å². The van der Waals surface area contributed by atoms with Gasteiger partial charge in [-0.1, -0.05) is 261 Å². The van der Waals surface area contributed by atoms with Crippen LogP contribution in [-0.4, -0.2) is 37.9 Å². The molecule has 0 amide bonds. The first kappa shape index (κ1) is 65.3. The lowest BCUT2D eigenvalue weighted by molar-refractivity contribution is -0.163. The maximum atomic E-state index is 12.8. The predicted molar refractivity (Wildman–Crippen MR) is 297 cm³/mol. The number of unbranched alkanes of at least 4 members (excludes halogenated alkanes) is 31. The van der Waals surface area contributed by atoms with E-state index in [1.807, 2.05) is 0 Å². The van der Waals surface area contributed by atoms with E-state index in [9.17, 15) is 9.59 Å². The molecule has 5 heteroatoms. The van der Waals surface area contributed by atoms with Crippen LogP contribution in [0.3, 0.4) is 0 Å². The van der Waals surface area contributed by atoms with Gasteiger partial charge in [0.25, 0.3) is 0 Å². The molecular weight excluding hydrogens is 837 g/mol. The van der Waals surface area contributed by atoms with Crippen LogP contribution in [0.1, 0.15) is 290 Å². The van der Waals surface area contributed by atoms with E-state index in [1.54, 1.807) is 0 Å². The summed E-state index contributed by atoms with van der Waals surface area (Å²) in [7, 11) is 0. The topological polar surface area (TPSA) is 61.8 Å². The highest BCUT2D eigenvalue weighted by Crippen LogP contribution is 2.16. The third-order valence-electron chi connectivity index (χ3n) is 12.7. The molecule has 68 heavy (non-hydrogen) atoms. The Morgan fingerprint density at radius 1 is 0.338 bits per heavy atom. The second kappa shape index (κ2) is 58.7. The normalized spacial score (nSPS) is 12.7. The summed E-state index contributed by atoms with van der Waals surface area (Å²) < 4.78 is 17.5. The number of hydrogen-bond acceptors (Lipinski definition) is 5. The monoisotopic (exact) mass is 949 g/mol. The van der Waals surface area contributed by atoms with E-state index in [-0.39, 0.29) is 25.2 Å². The first-order valence-corrected chi connectivity index (χ1v) is 29.5. The molecule has 0 bridgehead atoms. The highest BCUT2D eigenvalue weighted by atomic mass is 16.6. The fraction of sp³-hybridized carbons (Fsp3) is 0.778. The number of carbonyl (C=O) groups excluding carboxylic acids is 2. The molecule has 0 rings (SSSR count). The van der Waals surface area contributed by atoms with Gasteiger partial charge in [0.1, 0.15) is 6.61 Å². The summed E-state index contributed by atoms with van der Waals surface area (Å²) in [6, 6.07) is 0. The van der Waals surface area contributed by atoms with Crippen LogP contribution in [0.5, 0.6) is 0 Å². The zero-order chi connectivity index (χ0) is 49.2. The average molecular weight is 950 g/mol. The van der Waals surface area contributed by atoms with Crippen LogP contribution >= 0.6 is 0 Å². The molecule has 0 saturated carbocycles. The van der Waals surface area contributed by atoms with Crippen LogP contribution in [0.15, 0.2) is 72.9 Å². The van der Waals surface area contributed by atoms with Gasteiger partial charge >= 0.3 is 11.9 Å². The van der Waals surface area contributed by atoms with Crippen molar-refractivity contribution in [1.82, 2.24) is 0 Å². The van der Waals surface area contributed by atoms with Crippen molar-refractivity contribution < 1.29 is 23.8 Å². The van der Waals surface area contributed by atoms with Crippen LogP contribution < -0.4 is 0 Å². The minimum atomic E-state index is -0.561. The maximum absolute atomic E-state index is 12.8. The fourth-order valence-corrected chi connectivity index (χ4v) is 8.36. The minimum Gasteiger partial charge on any atom is -0.462 e. The van der Waals surface area contributed by atoms with Crippen molar-refractivity contribution in [3.63, 3.8) is 0 Å². The molecule has 0 heterocycles. The smallest absolute Gasteiger partial charge is 0.306 e. The Bertz CT molecular complexity index is 1210. The molecule has 394 valence electrons. The highest BCUT2D eigenvalue weighted by molar-refractivity contribution is 5.70. The molecule has 0 saturated heterocycles. The van der Waals surface area contributed by atoms with Crippen LogP contribution in [0.2, 0.25) is 0 Å². The lowest BCUT2D eigenvalue weighted by Crippen LogP contribution is -2.30. The van der Waals surface area contributed by atoms with Gasteiger partial charge in [0.15, 0.2) is 6.10 Å². The van der Waals surface area contributed by atoms with Gasteiger partial charge in [-0.15, -0.1) is 0 Å². The molecule has 0 N–H and O–H groups in total. The minimum absolute atomic E-state index is 0.0671. The summed E-state index contributed by atoms with van der Waals surface area (Å²) in [6.07, 6.45) is 76.4. The fourth-order valence-electron chi connectivity index (χ4n) is 8.36. The SMILES string of the molecule is CC/C=C\C/C=C\C/C=C\C/C=C\CCCCC(=O)OC(COCCCCCCCCCCCCCCCCCCCC)COC(=O)CCCCCCCCCCC/C=C\C/C=C\CCCCC. The van der Waals surface area contributed by atoms with Crippen LogP contribution in [0, 0.1) is 0 Å². The van der Waals surface area contributed by atoms with Gasteiger partial charge in [0.05, 0.1) is 6.61 Å². The molecule has 0 aliphatic rings. The summed E-state index contributed by atoms with van der Waals surface area (Å²) >= 11 is 0. The number of allylic oxidation sites excluding steroid dienone is 12. The molecule has 1 unspecified atom stereocenters. The lowest BCUT2D eigenvalue weighted by atomic mass is 10.0. The Morgan fingerprint density at radius 2 is 0.662 bits per heavy atom. The molecule has 0 fully saturated rings. The van der Waals surface area contributed by atoms with Crippen LogP contribution in [0.25, 0.3) is 0 Å². The summed E-state index contributed by atoms with van der Waals surface area (Å²) in [5.41, 5.74) is 0. The first-order chi connectivity index (χ1) is 33.6. The molecular formula is C63H112O5. The highest BCUT2D eigenvalue weighted by Gasteiger charge is 2.17. The third kappa shape index (κ3) is 55.9. The molecule has 0 aliphatic carbocycles. The van der Waals surface area contributed by atoms with Gasteiger partial charge in [0, 0.05) is 19.4 Å². The summed E-state index contributed by atoms with van der Waals surface area (Å²) in [4.78, 5) is 25.5. The zero-order valence-corrected chi connectivity index (χ0v) is 45.4. The number of rotatable bonds is 54. The lowest BCUT2D eigenvalue weighted by Gasteiger charge is -2.18. The second-order valence-electron chi connectivity index (χ2n) is 19.5. The average Bonchev–Trinajstić information content (AvgIpc) is 3.34. The number of ether oxygens (including phenoxy) is 3. The van der Waals surface area contributed by atoms with E-state index >= 15 is 0 Å². The number of esters is 2. The van der Waals surface area contributed by atoms with E-state index in [0.29, 0.717) is 19.4 Å². The first-order valence-electron chi connectivity index (χ1n) is 29.5. The second-order valence-corrected chi connectivity index (χ2v) is 19.5. The maximum Gasteiger partial charge on any atom is 0.306 e. The van der Waals surface area contributed by atoms with Gasteiger partial charge in [0.2, 0.25) is 0 Å². The van der Waals surface area contributed by atoms with E-state index in [1.165, 1.54) is 173 Å². The number of hydrogen-bond donors (Lipinski definition) is 0. The van der Waals surface area contributed by atoms with Crippen molar-refractivity contribution in [2.45, 2.75) is 297 Å². The molecule has 0 radical (unpaired) electrons. The van der Waals surface area contributed by atoms with E-state index in [2.05, 4.69) is 93.7 Å². The Hall–Kier alpha value is -2.66. The van der Waals surface area contributed by atoms with E-state index in [4.69, 9.17) is 14.2 Å². The molecule has 5 nitrogen and oxygen atoms in total. The van der Waals surface area contributed by atoms with Crippen molar-refractivity contribution in [2.24, 2.45) is 0 Å². The summed E-state index contributed by atoms with van der Waals surface area (Å²) in [6.45, 7) is 7.68. The van der Waals surface area contributed by atoms with Gasteiger partial charge in [-0.25, -0.2) is 0 Å². The Labute approximate surface area is 423 Å². The Balaban J connectivity index is 4.29. The van der Waals surface area contributed by atoms with E-state index in [0.717, 1.165) is 83.5 Å². The van der Waals surface area contributed by atoms with Crippen molar-refractivity contribution in [3.05, 3.63) is 72.9 Å². The molecule has 0 aromatic rings. The van der Waals surface area contributed by atoms with Gasteiger partial charge in [-0.2, -0.15) is 0 Å². The molecule has 0 aliphatic heterocycles. The zero-order valence-electron chi connectivity index (χ0n) is 45.4. The molecule has 0 aromatic carbocycles. The Morgan fingerprint density at radius 3 is 1.12 bits per heavy atom. The Kier molecular flexibility index (Phi) is 56.4. The van der Waals surface area contributed by atoms with Crippen molar-refractivity contribution in [3.8, 4) is 0 Å². The number of carbonyl (C=O) groups is 2. The molecule has 1 atom stereocenters. The van der Waals surface area contributed by atoms with Crippen LogP contribution in [0.4, 0.5) is 0 Å². The van der Waals surface area contributed by atoms with Crippen molar-refractivity contribution >= 4 is 11.9 Å². The largest absolute Gasteiger partial charge is 0.462 e. The third-order valence-corrected chi connectivity index (χ3v) is 12.7. The molecule has 0 aromatic heterocycles. The predicted octanol–water partition coefficient (Wildman–Crippen LogP) is 20.2. The van der Waals surface area contributed by atoms with Gasteiger partial charge in [-0.3, -0.25) is 9.59 Å². The van der Waals surface area contributed by atoms with Crippen molar-refractivity contribution in [1.29, 1.82) is 0 Å². The van der Waals surface area contributed by atoms with Crippen molar-refractivity contribution in [2.75, 3.05) is 19.8 Å².